The minimum absolute atomic E-state index is 0.232. The molecule has 3 saturated carbocycles. The van der Waals surface area contributed by atoms with E-state index < -0.39 is 0 Å². The van der Waals surface area contributed by atoms with Gasteiger partial charge in [-0.2, -0.15) is 4.98 Å². The average molecular weight is 410 g/mol. The highest BCUT2D eigenvalue weighted by atomic mass is 16.2. The Morgan fingerprint density at radius 1 is 1.00 bits per heavy atom. The van der Waals surface area contributed by atoms with E-state index in [0.717, 1.165) is 30.1 Å². The van der Waals surface area contributed by atoms with Crippen LogP contribution in [-0.4, -0.2) is 42.5 Å². The van der Waals surface area contributed by atoms with Gasteiger partial charge in [0, 0.05) is 23.5 Å². The summed E-state index contributed by atoms with van der Waals surface area (Å²) >= 11 is 0. The van der Waals surface area contributed by atoms with Gasteiger partial charge in [-0.1, -0.05) is 44.9 Å². The highest BCUT2D eigenvalue weighted by Crippen LogP contribution is 2.43. The SMILES string of the molecule is Cc1cc(C)n2nc(CC(=O)N(C3CC3)[C@@H]3CCCC[C@@H]3C3CCCCC3)nc2n1. The molecule has 6 nitrogen and oxygen atoms in total. The van der Waals surface area contributed by atoms with E-state index in [1.165, 1.54) is 57.8 Å². The van der Waals surface area contributed by atoms with Crippen LogP contribution in [0.2, 0.25) is 0 Å². The summed E-state index contributed by atoms with van der Waals surface area (Å²) in [4.78, 5) is 24.9. The summed E-state index contributed by atoms with van der Waals surface area (Å²) in [6.07, 6.45) is 14.6. The molecule has 3 aliphatic rings. The van der Waals surface area contributed by atoms with Crippen molar-refractivity contribution in [1.29, 1.82) is 0 Å². The highest BCUT2D eigenvalue weighted by Gasteiger charge is 2.43. The second-order valence-electron chi connectivity index (χ2n) is 9.90. The van der Waals surface area contributed by atoms with Crippen molar-refractivity contribution in [2.24, 2.45) is 11.8 Å². The fraction of sp³-hybridized carbons (Fsp3) is 0.750. The summed E-state index contributed by atoms with van der Waals surface area (Å²) in [6.45, 7) is 3.98. The molecule has 2 aromatic heterocycles. The minimum Gasteiger partial charge on any atom is -0.336 e. The Kier molecular flexibility index (Phi) is 5.50. The normalized spacial score (nSPS) is 25.5. The van der Waals surface area contributed by atoms with Gasteiger partial charge in [0.1, 0.15) is 0 Å². The van der Waals surface area contributed by atoms with E-state index in [1.54, 1.807) is 4.52 Å². The maximum Gasteiger partial charge on any atom is 0.252 e. The Hall–Kier alpha value is -1.98. The quantitative estimate of drug-likeness (QED) is 0.734. The number of rotatable bonds is 5. The number of nitrogens with zero attached hydrogens (tertiary/aromatic N) is 5. The van der Waals surface area contributed by atoms with Gasteiger partial charge in [0.15, 0.2) is 5.82 Å². The molecule has 0 aliphatic heterocycles. The second kappa shape index (κ2) is 8.27. The lowest BCUT2D eigenvalue weighted by atomic mass is 9.70. The van der Waals surface area contributed by atoms with Crippen LogP contribution in [0.25, 0.3) is 5.78 Å². The Labute approximate surface area is 179 Å². The topological polar surface area (TPSA) is 63.4 Å². The van der Waals surface area contributed by atoms with Gasteiger partial charge in [-0.15, -0.1) is 5.10 Å². The smallest absolute Gasteiger partial charge is 0.252 e. The summed E-state index contributed by atoms with van der Waals surface area (Å²) < 4.78 is 1.77. The molecule has 0 spiro atoms. The molecule has 3 fully saturated rings. The Morgan fingerprint density at radius 3 is 2.50 bits per heavy atom. The van der Waals surface area contributed by atoms with Crippen molar-refractivity contribution in [2.45, 2.75) is 103 Å². The molecule has 162 valence electrons. The zero-order valence-electron chi connectivity index (χ0n) is 18.5. The number of aryl methyl sites for hydroxylation is 2. The average Bonchev–Trinajstić information content (AvgIpc) is 3.48. The first-order chi connectivity index (χ1) is 14.6. The van der Waals surface area contributed by atoms with Gasteiger partial charge in [0.05, 0.1) is 6.42 Å². The summed E-state index contributed by atoms with van der Waals surface area (Å²) in [5.41, 5.74) is 1.94. The molecule has 2 heterocycles. The molecule has 0 bridgehead atoms. The molecule has 5 rings (SSSR count). The van der Waals surface area contributed by atoms with Crippen LogP contribution in [0.15, 0.2) is 6.07 Å². The molecule has 2 atom stereocenters. The van der Waals surface area contributed by atoms with E-state index in [9.17, 15) is 4.79 Å². The van der Waals surface area contributed by atoms with Crippen LogP contribution in [0.4, 0.5) is 0 Å². The van der Waals surface area contributed by atoms with Crippen LogP contribution in [0.1, 0.15) is 87.8 Å². The number of carbonyl (C=O) groups excluding carboxylic acids is 1. The molecule has 0 radical (unpaired) electrons. The summed E-state index contributed by atoms with van der Waals surface area (Å²) in [5.74, 6) is 2.96. The van der Waals surface area contributed by atoms with Crippen molar-refractivity contribution in [3.05, 3.63) is 23.3 Å². The van der Waals surface area contributed by atoms with Gasteiger partial charge >= 0.3 is 0 Å². The molecular formula is C24H35N5O. The third-order valence-corrected chi connectivity index (χ3v) is 7.59. The zero-order valence-corrected chi connectivity index (χ0v) is 18.5. The molecular weight excluding hydrogens is 374 g/mol. The highest BCUT2D eigenvalue weighted by molar-refractivity contribution is 5.79. The van der Waals surface area contributed by atoms with Gasteiger partial charge in [-0.3, -0.25) is 4.79 Å². The van der Waals surface area contributed by atoms with Crippen LogP contribution in [0, 0.1) is 25.7 Å². The van der Waals surface area contributed by atoms with E-state index >= 15 is 0 Å². The zero-order chi connectivity index (χ0) is 20.7. The maximum absolute atomic E-state index is 13.6. The molecule has 2 aromatic rings. The number of hydrogen-bond acceptors (Lipinski definition) is 4. The molecule has 0 N–H and O–H groups in total. The Balaban J connectivity index is 1.37. The third kappa shape index (κ3) is 3.97. The number of aromatic nitrogens is 4. The van der Waals surface area contributed by atoms with E-state index in [2.05, 4.69) is 20.0 Å². The summed E-state index contributed by atoms with van der Waals surface area (Å²) in [7, 11) is 0. The van der Waals surface area contributed by atoms with E-state index in [0.29, 0.717) is 36.0 Å². The first kappa shape index (κ1) is 20.0. The second-order valence-corrected chi connectivity index (χ2v) is 9.90. The first-order valence-corrected chi connectivity index (χ1v) is 12.1. The van der Waals surface area contributed by atoms with Crippen LogP contribution >= 0.6 is 0 Å². The van der Waals surface area contributed by atoms with Crippen LogP contribution in [0.3, 0.4) is 0 Å². The molecule has 0 aromatic carbocycles. The third-order valence-electron chi connectivity index (χ3n) is 7.59. The van der Waals surface area contributed by atoms with E-state index in [-0.39, 0.29) is 5.91 Å². The van der Waals surface area contributed by atoms with Crippen molar-refractivity contribution in [1.82, 2.24) is 24.5 Å². The monoisotopic (exact) mass is 409 g/mol. The molecule has 0 saturated heterocycles. The van der Waals surface area contributed by atoms with E-state index in [4.69, 9.17) is 0 Å². The largest absolute Gasteiger partial charge is 0.336 e. The molecule has 6 heteroatoms. The fourth-order valence-electron chi connectivity index (χ4n) is 6.12. The van der Waals surface area contributed by atoms with Crippen LogP contribution in [0.5, 0.6) is 0 Å². The number of fused-ring (bicyclic) bond motifs is 1. The molecule has 0 unspecified atom stereocenters. The van der Waals surface area contributed by atoms with E-state index in [1.807, 2.05) is 19.9 Å². The fourth-order valence-corrected chi connectivity index (χ4v) is 6.12. The lowest BCUT2D eigenvalue weighted by molar-refractivity contribution is -0.136. The number of carbonyl (C=O) groups is 1. The Morgan fingerprint density at radius 2 is 1.73 bits per heavy atom. The van der Waals surface area contributed by atoms with Crippen LogP contribution in [-0.2, 0) is 11.2 Å². The van der Waals surface area contributed by atoms with Crippen molar-refractivity contribution in [3.63, 3.8) is 0 Å². The number of hydrogen-bond donors (Lipinski definition) is 0. The first-order valence-electron chi connectivity index (χ1n) is 12.1. The van der Waals surface area contributed by atoms with Crippen molar-refractivity contribution in [3.8, 4) is 0 Å². The van der Waals surface area contributed by atoms with Crippen molar-refractivity contribution >= 4 is 11.7 Å². The minimum atomic E-state index is 0.232. The van der Waals surface area contributed by atoms with Gasteiger partial charge in [0.25, 0.3) is 5.78 Å². The molecule has 1 amide bonds. The van der Waals surface area contributed by atoms with Gasteiger partial charge in [0.2, 0.25) is 5.91 Å². The van der Waals surface area contributed by atoms with Crippen LogP contribution < -0.4 is 0 Å². The van der Waals surface area contributed by atoms with Crippen molar-refractivity contribution < 1.29 is 4.79 Å². The lowest BCUT2D eigenvalue weighted by Crippen LogP contribution is -2.50. The lowest BCUT2D eigenvalue weighted by Gasteiger charge is -2.44. The van der Waals surface area contributed by atoms with Crippen molar-refractivity contribution in [2.75, 3.05) is 0 Å². The van der Waals surface area contributed by atoms with Gasteiger partial charge in [-0.25, -0.2) is 9.50 Å². The molecule has 30 heavy (non-hydrogen) atoms. The maximum atomic E-state index is 13.6. The summed E-state index contributed by atoms with van der Waals surface area (Å²) in [5, 5.41) is 4.61. The summed E-state index contributed by atoms with van der Waals surface area (Å²) in [6, 6.07) is 2.88. The Bertz CT molecular complexity index is 912. The number of amides is 1. The standard InChI is InChI=1S/C24H35N5O/c1-16-14-17(2)29-24(25-16)26-22(27-29)15-23(30)28(19-12-13-19)21-11-7-6-10-20(21)18-8-4-3-5-9-18/h14,18-21H,3-13,15H2,1-2H3/t20-,21-/m1/s1. The van der Waals surface area contributed by atoms with Gasteiger partial charge in [-0.05, 0) is 57.4 Å². The van der Waals surface area contributed by atoms with Gasteiger partial charge < -0.3 is 4.90 Å². The molecule has 3 aliphatic carbocycles. The predicted molar refractivity (Wildman–Crippen MR) is 116 cm³/mol. The predicted octanol–water partition coefficient (Wildman–Crippen LogP) is 4.41.